The van der Waals surface area contributed by atoms with Gasteiger partial charge in [0, 0.05) is 27.3 Å². The largest absolute Gasteiger partial charge is 0.326 e. The molecule has 0 bridgehead atoms. The lowest BCUT2D eigenvalue weighted by Crippen LogP contribution is -2.21. The third-order valence-corrected chi connectivity index (χ3v) is 4.65. The van der Waals surface area contributed by atoms with Gasteiger partial charge in [0.05, 0.1) is 5.52 Å². The highest BCUT2D eigenvalue weighted by atomic mass is 35.5. The molecule has 0 saturated carbocycles. The quantitative estimate of drug-likeness (QED) is 0.396. The highest BCUT2D eigenvalue weighted by Gasteiger charge is 2.13. The molecule has 1 heterocycles. The van der Waals surface area contributed by atoms with Crippen LogP contribution in [0.1, 0.15) is 6.42 Å². The number of fused-ring (bicyclic) bond motifs is 1. The van der Waals surface area contributed by atoms with E-state index in [9.17, 15) is 14.0 Å². The summed E-state index contributed by atoms with van der Waals surface area (Å²) < 4.78 is 13.5. The van der Waals surface area contributed by atoms with Gasteiger partial charge in [-0.1, -0.05) is 23.7 Å². The fourth-order valence-corrected chi connectivity index (χ4v) is 3.17. The van der Waals surface area contributed by atoms with Crippen LogP contribution in [0.3, 0.4) is 0 Å². The zero-order valence-corrected chi connectivity index (χ0v) is 16.3. The van der Waals surface area contributed by atoms with Gasteiger partial charge in [0.2, 0.25) is 11.8 Å². The molecular formula is C22H16ClFN4O2. The molecule has 2 amide bonds. The SMILES string of the molecule is O=C(CC(=O)Nc1ccc2c(-c3cccc(F)c3)n[nH]c2c1)Nc1ccc(Cl)cc1. The average molecular weight is 423 g/mol. The molecule has 0 aliphatic rings. The number of carbonyl (C=O) groups excluding carboxylic acids is 2. The maximum Gasteiger partial charge on any atom is 0.233 e. The number of nitrogens with one attached hydrogen (secondary N) is 3. The van der Waals surface area contributed by atoms with Crippen LogP contribution in [0.5, 0.6) is 0 Å². The summed E-state index contributed by atoms with van der Waals surface area (Å²) in [7, 11) is 0. The van der Waals surface area contributed by atoms with Crippen molar-refractivity contribution in [3.05, 3.63) is 77.6 Å². The van der Waals surface area contributed by atoms with Crippen LogP contribution in [-0.4, -0.2) is 22.0 Å². The fourth-order valence-electron chi connectivity index (χ4n) is 3.04. The number of halogens is 2. The van der Waals surface area contributed by atoms with Crippen molar-refractivity contribution in [1.29, 1.82) is 0 Å². The molecule has 30 heavy (non-hydrogen) atoms. The fraction of sp³-hybridized carbons (Fsp3) is 0.0455. The van der Waals surface area contributed by atoms with Crippen LogP contribution in [0.2, 0.25) is 5.02 Å². The molecule has 8 heteroatoms. The first kappa shape index (κ1) is 19.6. The molecule has 0 aliphatic carbocycles. The molecule has 3 aromatic carbocycles. The maximum atomic E-state index is 13.5. The summed E-state index contributed by atoms with van der Waals surface area (Å²) in [5, 5.41) is 13.8. The van der Waals surface area contributed by atoms with Gasteiger partial charge in [0.25, 0.3) is 0 Å². The lowest BCUT2D eigenvalue weighted by Gasteiger charge is -2.07. The second-order valence-electron chi connectivity index (χ2n) is 6.62. The molecule has 0 aliphatic heterocycles. The van der Waals surface area contributed by atoms with Gasteiger partial charge in [-0.05, 0) is 54.6 Å². The Kier molecular flexibility index (Phi) is 5.45. The number of amides is 2. The predicted molar refractivity (Wildman–Crippen MR) is 115 cm³/mol. The highest BCUT2D eigenvalue weighted by molar-refractivity contribution is 6.30. The summed E-state index contributed by atoms with van der Waals surface area (Å²) in [6, 6.07) is 18.0. The third-order valence-electron chi connectivity index (χ3n) is 4.39. The van der Waals surface area contributed by atoms with Crippen molar-refractivity contribution in [2.24, 2.45) is 0 Å². The number of hydrogen-bond acceptors (Lipinski definition) is 3. The van der Waals surface area contributed by atoms with Crippen molar-refractivity contribution < 1.29 is 14.0 Å². The van der Waals surface area contributed by atoms with Crippen LogP contribution < -0.4 is 10.6 Å². The first-order valence-corrected chi connectivity index (χ1v) is 9.45. The molecule has 3 N–H and O–H groups in total. The molecule has 4 aromatic rings. The highest BCUT2D eigenvalue weighted by Crippen LogP contribution is 2.28. The molecule has 150 valence electrons. The van der Waals surface area contributed by atoms with E-state index < -0.39 is 11.8 Å². The number of carbonyl (C=O) groups is 2. The van der Waals surface area contributed by atoms with E-state index in [1.54, 1.807) is 54.6 Å². The van der Waals surface area contributed by atoms with Crippen LogP contribution >= 0.6 is 11.6 Å². The minimum absolute atomic E-state index is 0.335. The van der Waals surface area contributed by atoms with Gasteiger partial charge in [0.1, 0.15) is 17.9 Å². The molecule has 6 nitrogen and oxygen atoms in total. The van der Waals surface area contributed by atoms with E-state index in [-0.39, 0.29) is 12.2 Å². The van der Waals surface area contributed by atoms with E-state index in [1.165, 1.54) is 12.1 Å². The molecule has 0 atom stereocenters. The van der Waals surface area contributed by atoms with Crippen molar-refractivity contribution in [2.45, 2.75) is 6.42 Å². The van der Waals surface area contributed by atoms with E-state index in [4.69, 9.17) is 11.6 Å². The van der Waals surface area contributed by atoms with Gasteiger partial charge < -0.3 is 10.6 Å². The normalized spacial score (nSPS) is 10.7. The summed E-state index contributed by atoms with van der Waals surface area (Å²) >= 11 is 5.81. The molecular weight excluding hydrogens is 407 g/mol. The van der Waals surface area contributed by atoms with Crippen molar-refractivity contribution in [2.75, 3.05) is 10.6 Å². The van der Waals surface area contributed by atoms with Crippen LogP contribution in [0, 0.1) is 5.82 Å². The second kappa shape index (κ2) is 8.34. The smallest absolute Gasteiger partial charge is 0.233 e. The van der Waals surface area contributed by atoms with E-state index in [0.29, 0.717) is 33.2 Å². The topological polar surface area (TPSA) is 86.9 Å². The Morgan fingerprint density at radius 1 is 0.933 bits per heavy atom. The van der Waals surface area contributed by atoms with Crippen molar-refractivity contribution in [1.82, 2.24) is 10.2 Å². The molecule has 0 fully saturated rings. The maximum absolute atomic E-state index is 13.5. The van der Waals surface area contributed by atoms with E-state index >= 15 is 0 Å². The Balaban J connectivity index is 1.43. The number of anilines is 2. The average Bonchev–Trinajstić information content (AvgIpc) is 3.13. The van der Waals surface area contributed by atoms with Crippen LogP contribution in [0.4, 0.5) is 15.8 Å². The standard InChI is InChI=1S/C22H16ClFN4O2/c23-14-4-6-16(7-5-14)25-20(29)12-21(30)26-17-8-9-18-19(11-17)27-28-22(18)13-2-1-3-15(24)10-13/h1-11H,12H2,(H,25,29)(H,26,30)(H,27,28). The van der Waals surface area contributed by atoms with E-state index in [2.05, 4.69) is 20.8 Å². The number of H-pyrrole nitrogens is 1. The Morgan fingerprint density at radius 3 is 2.37 bits per heavy atom. The van der Waals surface area contributed by atoms with E-state index in [1.807, 2.05) is 0 Å². The summed E-state index contributed by atoms with van der Waals surface area (Å²) in [4.78, 5) is 24.3. The van der Waals surface area contributed by atoms with Gasteiger partial charge in [-0.25, -0.2) is 4.39 Å². The Hall–Kier alpha value is -3.71. The zero-order valence-electron chi connectivity index (χ0n) is 15.6. The van der Waals surface area contributed by atoms with Gasteiger partial charge in [-0.3, -0.25) is 14.7 Å². The lowest BCUT2D eigenvalue weighted by atomic mass is 10.1. The number of aromatic nitrogens is 2. The molecule has 4 rings (SSSR count). The van der Waals surface area contributed by atoms with Crippen molar-refractivity contribution in [3.8, 4) is 11.3 Å². The van der Waals surface area contributed by atoms with Crippen molar-refractivity contribution >= 4 is 45.7 Å². The Morgan fingerprint density at radius 2 is 1.63 bits per heavy atom. The molecule has 0 unspecified atom stereocenters. The number of nitrogens with zero attached hydrogens (tertiary/aromatic N) is 1. The minimum atomic E-state index is -0.453. The summed E-state index contributed by atoms with van der Waals surface area (Å²) in [5.41, 5.74) is 3.02. The molecule has 0 radical (unpaired) electrons. The zero-order chi connectivity index (χ0) is 21.1. The number of hydrogen-bond donors (Lipinski definition) is 3. The molecule has 1 aromatic heterocycles. The number of aromatic amines is 1. The first-order valence-electron chi connectivity index (χ1n) is 9.07. The van der Waals surface area contributed by atoms with Crippen LogP contribution in [-0.2, 0) is 9.59 Å². The summed E-state index contributed by atoms with van der Waals surface area (Å²) in [5.74, 6) is -1.24. The molecule has 0 saturated heterocycles. The molecule has 0 spiro atoms. The first-order chi connectivity index (χ1) is 14.5. The number of rotatable bonds is 5. The Labute approximate surface area is 176 Å². The van der Waals surface area contributed by atoms with Gasteiger partial charge in [-0.2, -0.15) is 5.10 Å². The van der Waals surface area contributed by atoms with Gasteiger partial charge in [-0.15, -0.1) is 0 Å². The second-order valence-corrected chi connectivity index (χ2v) is 7.06. The van der Waals surface area contributed by atoms with Crippen LogP contribution in [0.15, 0.2) is 66.7 Å². The summed E-state index contributed by atoms with van der Waals surface area (Å²) in [6.07, 6.45) is -0.335. The van der Waals surface area contributed by atoms with E-state index in [0.717, 1.165) is 5.39 Å². The lowest BCUT2D eigenvalue weighted by molar-refractivity contribution is -0.123. The number of benzene rings is 3. The summed E-state index contributed by atoms with van der Waals surface area (Å²) in [6.45, 7) is 0. The van der Waals surface area contributed by atoms with Crippen molar-refractivity contribution in [3.63, 3.8) is 0 Å². The Bertz CT molecular complexity index is 1240. The van der Waals surface area contributed by atoms with Gasteiger partial charge >= 0.3 is 0 Å². The minimum Gasteiger partial charge on any atom is -0.326 e. The third kappa shape index (κ3) is 4.47. The predicted octanol–water partition coefficient (Wildman–Crippen LogP) is 4.99. The van der Waals surface area contributed by atoms with Crippen LogP contribution in [0.25, 0.3) is 22.2 Å². The van der Waals surface area contributed by atoms with Gasteiger partial charge in [0.15, 0.2) is 0 Å². The monoisotopic (exact) mass is 422 g/mol.